The summed E-state index contributed by atoms with van der Waals surface area (Å²) < 4.78 is 40.4. The number of aliphatic hydroxyl groups is 2. The van der Waals surface area contributed by atoms with Crippen LogP contribution in [0.2, 0.25) is 0 Å². The number of esters is 8. The molecule has 18 heteroatoms. The molecule has 2 atom stereocenters. The quantitative estimate of drug-likeness (QED) is 0.0705. The minimum Gasteiger partial charge on any atom is -0.459 e. The summed E-state index contributed by atoms with van der Waals surface area (Å²) in [6.07, 6.45) is -2.89. The van der Waals surface area contributed by atoms with Crippen molar-refractivity contribution in [3.05, 3.63) is 107 Å². The fourth-order valence-corrected chi connectivity index (χ4v) is 4.27. The minimum absolute atomic E-state index is 0.0765. The molecule has 18 nitrogen and oxygen atoms in total. The molecule has 0 aliphatic carbocycles. The second-order valence-electron chi connectivity index (χ2n) is 12.9. The Morgan fingerprint density at radius 1 is 0.417 bits per heavy atom. The maximum Gasteiger partial charge on any atom is 0.339 e. The van der Waals surface area contributed by atoms with E-state index in [1.165, 1.54) is 64.1 Å². The summed E-state index contributed by atoms with van der Waals surface area (Å²) in [7, 11) is 0. The van der Waals surface area contributed by atoms with Crippen LogP contribution in [0, 0.1) is 0 Å². The smallest absolute Gasteiger partial charge is 0.339 e. The second kappa shape index (κ2) is 24.1. The van der Waals surface area contributed by atoms with Gasteiger partial charge in [0, 0.05) is 22.3 Å². The molecule has 322 valence electrons. The van der Waals surface area contributed by atoms with Crippen LogP contribution in [0.3, 0.4) is 0 Å². The van der Waals surface area contributed by atoms with E-state index in [0.717, 1.165) is 0 Å². The molecule has 2 aromatic rings. The van der Waals surface area contributed by atoms with Crippen LogP contribution in [0.4, 0.5) is 0 Å². The molecule has 2 rings (SSSR count). The third-order valence-corrected chi connectivity index (χ3v) is 7.37. The molecule has 0 saturated heterocycles. The monoisotopic (exact) mass is 838 g/mol. The molecule has 0 aliphatic heterocycles. The summed E-state index contributed by atoms with van der Waals surface area (Å²) in [6, 6.07) is 7.48. The first kappa shape index (κ1) is 49.2. The number of hydrogen-bond acceptors (Lipinski definition) is 18. The number of carbonyl (C=O) groups is 8. The molecule has 2 aromatic carbocycles. The summed E-state index contributed by atoms with van der Waals surface area (Å²) in [5.74, 6) is -7.39. The maximum atomic E-state index is 13.4. The molecule has 2 N–H and O–H groups in total. The van der Waals surface area contributed by atoms with Gasteiger partial charge in [0.2, 0.25) is 0 Å². The molecule has 0 saturated carbocycles. The molecule has 2 unspecified atom stereocenters. The molecule has 60 heavy (non-hydrogen) atoms. The Balaban J connectivity index is 2.49. The van der Waals surface area contributed by atoms with Crippen LogP contribution in [0.25, 0.3) is 11.1 Å². The zero-order chi connectivity index (χ0) is 45.1. The van der Waals surface area contributed by atoms with Gasteiger partial charge in [-0.3, -0.25) is 0 Å². The number of ether oxygens (including phenoxy) is 8. The molecule has 0 bridgehead atoms. The van der Waals surface area contributed by atoms with Crippen molar-refractivity contribution in [2.45, 2.75) is 39.9 Å². The van der Waals surface area contributed by atoms with Gasteiger partial charge in [-0.15, -0.1) is 0 Å². The highest BCUT2D eigenvalue weighted by Gasteiger charge is 2.25. The van der Waals surface area contributed by atoms with E-state index in [4.69, 9.17) is 37.9 Å². The van der Waals surface area contributed by atoms with Crippen molar-refractivity contribution >= 4 is 47.8 Å². The molecular formula is C42H46O18. The highest BCUT2D eigenvalue weighted by Crippen LogP contribution is 2.27. The lowest BCUT2D eigenvalue weighted by Crippen LogP contribution is -2.26. The normalized spacial score (nSPS) is 11.4. The first-order valence-electron chi connectivity index (χ1n) is 17.9. The van der Waals surface area contributed by atoms with E-state index in [2.05, 4.69) is 26.3 Å². The Hall–Kier alpha value is -6.92. The lowest BCUT2D eigenvalue weighted by Gasteiger charge is -2.16. The number of hydrogen-bond donors (Lipinski definition) is 2. The summed E-state index contributed by atoms with van der Waals surface area (Å²) in [4.78, 5) is 100. The van der Waals surface area contributed by atoms with E-state index in [1.54, 1.807) is 0 Å². The molecule has 0 heterocycles. The molecule has 0 aromatic heterocycles. The number of carbonyl (C=O) groups excluding carboxylic acids is 8. The lowest BCUT2D eigenvalue weighted by atomic mass is 9.95. The van der Waals surface area contributed by atoms with Crippen LogP contribution < -0.4 is 0 Å². The highest BCUT2D eigenvalue weighted by atomic mass is 16.6. The van der Waals surface area contributed by atoms with E-state index in [9.17, 15) is 48.6 Å². The average Bonchev–Trinajstić information content (AvgIpc) is 3.21. The topological polar surface area (TPSA) is 251 Å². The van der Waals surface area contributed by atoms with Crippen LogP contribution in [-0.4, -0.2) is 123 Å². The summed E-state index contributed by atoms with van der Waals surface area (Å²) in [6.45, 7) is 15.4. The second-order valence-corrected chi connectivity index (χ2v) is 12.9. The third-order valence-electron chi connectivity index (χ3n) is 7.37. The van der Waals surface area contributed by atoms with Gasteiger partial charge >= 0.3 is 47.8 Å². The van der Waals surface area contributed by atoms with Gasteiger partial charge in [0.1, 0.15) is 65.1 Å². The van der Waals surface area contributed by atoms with Gasteiger partial charge in [-0.25, -0.2) is 38.4 Å². The highest BCUT2D eigenvalue weighted by molar-refractivity contribution is 6.06. The first-order chi connectivity index (χ1) is 28.2. The molecular weight excluding hydrogens is 792 g/mol. The van der Waals surface area contributed by atoms with Crippen molar-refractivity contribution in [3.8, 4) is 11.1 Å². The Labute approximate surface area is 344 Å². The SMILES string of the molecule is C=C(C)C(=O)OCCOC(=O)c1cc(-c2ccc(C(=O)OCC(O)COC(=O)C(=C)C)c(C(=O)OCCOC(=O)C(=C)C)c2)ccc1C(=O)OCC(O)COC(=O)C(=C)C. The lowest BCUT2D eigenvalue weighted by molar-refractivity contribution is -0.143. The number of aliphatic hydroxyl groups excluding tert-OH is 2. The maximum absolute atomic E-state index is 13.4. The van der Waals surface area contributed by atoms with E-state index in [0.29, 0.717) is 0 Å². The number of benzene rings is 2. The van der Waals surface area contributed by atoms with Crippen molar-refractivity contribution in [1.29, 1.82) is 0 Å². The van der Waals surface area contributed by atoms with Gasteiger partial charge in [-0.1, -0.05) is 38.4 Å². The van der Waals surface area contributed by atoms with Crippen LogP contribution in [0.15, 0.2) is 85.0 Å². The summed E-state index contributed by atoms with van der Waals surface area (Å²) in [5.41, 5.74) is -0.722. The summed E-state index contributed by atoms with van der Waals surface area (Å²) in [5, 5.41) is 20.4. The Morgan fingerprint density at radius 3 is 1.00 bits per heavy atom. The van der Waals surface area contributed by atoms with Gasteiger partial charge < -0.3 is 48.1 Å². The van der Waals surface area contributed by atoms with Crippen LogP contribution in [0.5, 0.6) is 0 Å². The average molecular weight is 839 g/mol. The van der Waals surface area contributed by atoms with Gasteiger partial charge in [0.25, 0.3) is 0 Å². The van der Waals surface area contributed by atoms with E-state index < -0.39 is 99.6 Å². The van der Waals surface area contributed by atoms with Gasteiger partial charge in [0.05, 0.1) is 22.3 Å². The van der Waals surface area contributed by atoms with Crippen molar-refractivity contribution in [3.63, 3.8) is 0 Å². The molecule has 0 aliphatic rings. The zero-order valence-electron chi connectivity index (χ0n) is 33.5. The Morgan fingerprint density at radius 2 is 0.683 bits per heavy atom. The summed E-state index contributed by atoms with van der Waals surface area (Å²) >= 11 is 0. The Kier molecular flexibility index (Phi) is 19.8. The first-order valence-corrected chi connectivity index (χ1v) is 17.9. The van der Waals surface area contributed by atoms with Crippen LogP contribution >= 0.6 is 0 Å². The predicted octanol–water partition coefficient (Wildman–Crippen LogP) is 3.18. The Bertz CT molecular complexity index is 1880. The molecule has 0 spiro atoms. The molecule has 0 radical (unpaired) electrons. The van der Waals surface area contributed by atoms with E-state index >= 15 is 0 Å². The zero-order valence-corrected chi connectivity index (χ0v) is 33.5. The third kappa shape index (κ3) is 16.1. The van der Waals surface area contributed by atoms with Crippen molar-refractivity contribution in [2.24, 2.45) is 0 Å². The molecule has 0 fully saturated rings. The van der Waals surface area contributed by atoms with Gasteiger partial charge in [-0.2, -0.15) is 0 Å². The van der Waals surface area contributed by atoms with Gasteiger partial charge in [-0.05, 0) is 63.1 Å². The number of rotatable bonds is 23. The van der Waals surface area contributed by atoms with Crippen molar-refractivity contribution in [1.82, 2.24) is 0 Å². The van der Waals surface area contributed by atoms with Crippen molar-refractivity contribution in [2.75, 3.05) is 52.9 Å². The predicted molar refractivity (Wildman–Crippen MR) is 208 cm³/mol. The van der Waals surface area contributed by atoms with Crippen LogP contribution in [0.1, 0.15) is 69.1 Å². The minimum atomic E-state index is -1.45. The van der Waals surface area contributed by atoms with Crippen molar-refractivity contribution < 1.29 is 86.5 Å². The van der Waals surface area contributed by atoms with Crippen LogP contribution in [-0.2, 0) is 57.1 Å². The fraction of sp³-hybridized carbons (Fsp3) is 0.333. The standard InChI is InChI=1S/C42H46O18/c1-23(2)35(45)53-13-15-55-41(51)33-17-27(9-11-31(33)39(49)59-21-29(43)19-57-37(47)25(5)6)28-10-12-32(40(50)60-22-30(44)20-58-38(48)26(7)8)34(18-28)42(52)56-16-14-54-36(46)24(3)4/h9-12,17-18,29-30,43-44H,1,3,5,7,13-16,19-22H2,2,4,6,8H3. The largest absolute Gasteiger partial charge is 0.459 e. The molecule has 0 amide bonds. The fourth-order valence-electron chi connectivity index (χ4n) is 4.27. The van der Waals surface area contributed by atoms with Gasteiger partial charge in [0.15, 0.2) is 0 Å². The van der Waals surface area contributed by atoms with E-state index in [-0.39, 0.29) is 68.9 Å². The van der Waals surface area contributed by atoms with E-state index in [1.807, 2.05) is 0 Å².